The number of hydrogen-bond acceptors (Lipinski definition) is 2. The molecule has 3 aromatic carbocycles. The van der Waals surface area contributed by atoms with Gasteiger partial charge in [0.2, 0.25) is 0 Å². The van der Waals surface area contributed by atoms with Crippen LogP contribution < -0.4 is 10.1 Å². The minimum Gasteiger partial charge on any atom is -0.481 e. The molecule has 0 aliphatic heterocycles. The molecule has 0 spiro atoms. The van der Waals surface area contributed by atoms with E-state index in [4.69, 9.17) is 4.74 Å². The summed E-state index contributed by atoms with van der Waals surface area (Å²) in [6.07, 6.45) is -0.168. The van der Waals surface area contributed by atoms with Gasteiger partial charge in [0.25, 0.3) is 5.91 Å². The van der Waals surface area contributed by atoms with Crippen molar-refractivity contribution in [2.24, 2.45) is 0 Å². The van der Waals surface area contributed by atoms with E-state index >= 15 is 0 Å². The minimum absolute atomic E-state index is 0.205. The second-order valence-corrected chi connectivity index (χ2v) is 6.68. The highest BCUT2D eigenvalue weighted by Crippen LogP contribution is 2.25. The van der Waals surface area contributed by atoms with E-state index in [0.717, 1.165) is 16.7 Å². The lowest BCUT2D eigenvalue weighted by Gasteiger charge is -2.25. The molecule has 4 heteroatoms. The topological polar surface area (TPSA) is 38.3 Å². The normalized spacial score (nSPS) is 12.8. The Morgan fingerprint density at radius 1 is 0.964 bits per heavy atom. The largest absolute Gasteiger partial charge is 0.481 e. The summed E-state index contributed by atoms with van der Waals surface area (Å²) in [5, 5.41) is 3.14. The third-order valence-electron chi connectivity index (χ3n) is 4.67. The molecule has 0 aliphatic carbocycles. The smallest absolute Gasteiger partial charge is 0.261 e. The van der Waals surface area contributed by atoms with Crippen LogP contribution in [0.25, 0.3) is 0 Å². The van der Waals surface area contributed by atoms with Crippen LogP contribution in [0.5, 0.6) is 5.75 Å². The third kappa shape index (κ3) is 4.77. The fourth-order valence-corrected chi connectivity index (χ4v) is 3.13. The van der Waals surface area contributed by atoms with Gasteiger partial charge >= 0.3 is 0 Å². The zero-order valence-electron chi connectivity index (χ0n) is 16.1. The maximum absolute atomic E-state index is 13.1. The zero-order chi connectivity index (χ0) is 19.9. The van der Waals surface area contributed by atoms with Crippen LogP contribution >= 0.6 is 0 Å². The third-order valence-corrected chi connectivity index (χ3v) is 4.67. The molecule has 1 N–H and O–H groups in total. The molecule has 0 unspecified atom stereocenters. The molecule has 0 saturated carbocycles. The molecule has 1 amide bonds. The summed E-state index contributed by atoms with van der Waals surface area (Å²) in [4.78, 5) is 13.0. The predicted octanol–water partition coefficient (Wildman–Crippen LogP) is 5.20. The standard InChI is InChI=1S/C24H24FNO2/c1-3-22(28-20-15-13-19(25)14-16-20)24(27)26-23(18-10-5-4-6-11-18)21-12-8-7-9-17(21)2/h4-16,22-23H,3H2,1-2H3,(H,26,27)/t22-,23+/m1/s1. The van der Waals surface area contributed by atoms with Gasteiger partial charge in [-0.15, -0.1) is 0 Å². The van der Waals surface area contributed by atoms with E-state index in [-0.39, 0.29) is 17.8 Å². The van der Waals surface area contributed by atoms with Crippen LogP contribution in [0.1, 0.15) is 36.1 Å². The van der Waals surface area contributed by atoms with E-state index < -0.39 is 6.10 Å². The number of ether oxygens (including phenoxy) is 1. The number of aryl methyl sites for hydroxylation is 1. The number of carbonyl (C=O) groups is 1. The molecule has 0 saturated heterocycles. The van der Waals surface area contributed by atoms with E-state index in [9.17, 15) is 9.18 Å². The highest BCUT2D eigenvalue weighted by Gasteiger charge is 2.24. The first-order valence-electron chi connectivity index (χ1n) is 9.41. The quantitative estimate of drug-likeness (QED) is 0.615. The first-order valence-corrected chi connectivity index (χ1v) is 9.41. The summed E-state index contributed by atoms with van der Waals surface area (Å²) in [6.45, 7) is 3.92. The average molecular weight is 377 g/mol. The predicted molar refractivity (Wildman–Crippen MR) is 109 cm³/mol. The Labute approximate surface area is 165 Å². The van der Waals surface area contributed by atoms with Crippen molar-refractivity contribution in [3.8, 4) is 5.75 Å². The summed E-state index contributed by atoms with van der Waals surface area (Å²) < 4.78 is 18.9. The molecule has 2 atom stereocenters. The van der Waals surface area contributed by atoms with Gasteiger partial charge in [-0.05, 0) is 54.3 Å². The van der Waals surface area contributed by atoms with Gasteiger partial charge in [0.05, 0.1) is 6.04 Å². The monoisotopic (exact) mass is 377 g/mol. The fourth-order valence-electron chi connectivity index (χ4n) is 3.13. The average Bonchev–Trinajstić information content (AvgIpc) is 2.72. The molecule has 3 rings (SSSR count). The van der Waals surface area contributed by atoms with Gasteiger partial charge < -0.3 is 10.1 Å². The van der Waals surface area contributed by atoms with Crippen molar-refractivity contribution < 1.29 is 13.9 Å². The first-order chi connectivity index (χ1) is 13.6. The molecule has 0 fully saturated rings. The lowest BCUT2D eigenvalue weighted by Crippen LogP contribution is -2.40. The van der Waals surface area contributed by atoms with Gasteiger partial charge in [-0.2, -0.15) is 0 Å². The summed E-state index contributed by atoms with van der Waals surface area (Å²) in [7, 11) is 0. The fraction of sp³-hybridized carbons (Fsp3) is 0.208. The van der Waals surface area contributed by atoms with Gasteiger partial charge in [0, 0.05) is 0 Å². The molecule has 3 nitrogen and oxygen atoms in total. The van der Waals surface area contributed by atoms with Crippen molar-refractivity contribution in [2.45, 2.75) is 32.4 Å². The van der Waals surface area contributed by atoms with Crippen molar-refractivity contribution in [3.63, 3.8) is 0 Å². The Kier molecular flexibility index (Phi) is 6.43. The van der Waals surface area contributed by atoms with Crippen molar-refractivity contribution >= 4 is 5.91 Å². The van der Waals surface area contributed by atoms with Crippen molar-refractivity contribution in [3.05, 3.63) is 101 Å². The van der Waals surface area contributed by atoms with Crippen LogP contribution in [0.2, 0.25) is 0 Å². The number of rotatable bonds is 7. The summed E-state index contributed by atoms with van der Waals surface area (Å²) >= 11 is 0. The maximum Gasteiger partial charge on any atom is 0.261 e. The maximum atomic E-state index is 13.1. The lowest BCUT2D eigenvalue weighted by molar-refractivity contribution is -0.128. The Bertz CT molecular complexity index is 909. The summed E-state index contributed by atoms with van der Waals surface area (Å²) in [5.74, 6) is -0.0759. The Hall–Kier alpha value is -3.14. The first kappa shape index (κ1) is 19.6. The van der Waals surface area contributed by atoms with Crippen LogP contribution in [0, 0.1) is 12.7 Å². The van der Waals surface area contributed by atoms with Crippen molar-refractivity contribution in [1.29, 1.82) is 0 Å². The lowest BCUT2D eigenvalue weighted by atomic mass is 9.94. The van der Waals surface area contributed by atoms with Gasteiger partial charge in [-0.25, -0.2) is 4.39 Å². The highest BCUT2D eigenvalue weighted by atomic mass is 19.1. The van der Waals surface area contributed by atoms with Crippen LogP contribution in [-0.2, 0) is 4.79 Å². The van der Waals surface area contributed by atoms with Gasteiger partial charge in [0.1, 0.15) is 11.6 Å². The Morgan fingerprint density at radius 3 is 2.25 bits per heavy atom. The number of benzene rings is 3. The summed E-state index contributed by atoms with van der Waals surface area (Å²) in [6, 6.07) is 23.3. The SMILES string of the molecule is CC[C@@H](Oc1ccc(F)cc1)C(=O)N[C@@H](c1ccccc1)c1ccccc1C. The number of carbonyl (C=O) groups excluding carboxylic acids is 1. The molecule has 28 heavy (non-hydrogen) atoms. The molecule has 0 heterocycles. The van der Waals surface area contributed by atoms with Crippen LogP contribution in [0.15, 0.2) is 78.9 Å². The molecular formula is C24H24FNO2. The number of halogens is 1. The van der Waals surface area contributed by atoms with Crippen molar-refractivity contribution in [1.82, 2.24) is 5.32 Å². The number of amides is 1. The van der Waals surface area contributed by atoms with Crippen LogP contribution in [-0.4, -0.2) is 12.0 Å². The Morgan fingerprint density at radius 2 is 1.61 bits per heavy atom. The van der Waals surface area contributed by atoms with Gasteiger partial charge in [-0.3, -0.25) is 4.79 Å². The molecule has 0 bridgehead atoms. The summed E-state index contributed by atoms with van der Waals surface area (Å²) in [5.41, 5.74) is 3.14. The molecule has 144 valence electrons. The minimum atomic E-state index is -0.666. The van der Waals surface area contributed by atoms with Crippen LogP contribution in [0.3, 0.4) is 0 Å². The number of nitrogens with one attached hydrogen (secondary N) is 1. The second kappa shape index (κ2) is 9.18. The van der Waals surface area contributed by atoms with E-state index in [2.05, 4.69) is 5.32 Å². The molecule has 0 aromatic heterocycles. The van der Waals surface area contributed by atoms with Gasteiger partial charge in [-0.1, -0.05) is 61.5 Å². The Balaban J connectivity index is 1.84. The van der Waals surface area contributed by atoms with E-state index in [0.29, 0.717) is 12.2 Å². The van der Waals surface area contributed by atoms with E-state index in [1.807, 2.05) is 68.4 Å². The van der Waals surface area contributed by atoms with E-state index in [1.54, 1.807) is 0 Å². The van der Waals surface area contributed by atoms with Crippen LogP contribution in [0.4, 0.5) is 4.39 Å². The molecule has 0 aliphatic rings. The molecular weight excluding hydrogens is 353 g/mol. The second-order valence-electron chi connectivity index (χ2n) is 6.68. The van der Waals surface area contributed by atoms with Gasteiger partial charge in [0.15, 0.2) is 6.10 Å². The highest BCUT2D eigenvalue weighted by molar-refractivity contribution is 5.82. The van der Waals surface area contributed by atoms with Crippen molar-refractivity contribution in [2.75, 3.05) is 0 Å². The zero-order valence-corrected chi connectivity index (χ0v) is 16.1. The van der Waals surface area contributed by atoms with E-state index in [1.165, 1.54) is 24.3 Å². The molecule has 0 radical (unpaired) electrons. The molecule has 3 aromatic rings. The number of hydrogen-bond donors (Lipinski definition) is 1.